The van der Waals surface area contributed by atoms with Gasteiger partial charge in [0.25, 0.3) is 5.91 Å². The first-order valence-corrected chi connectivity index (χ1v) is 10.3. The van der Waals surface area contributed by atoms with Crippen molar-refractivity contribution in [1.29, 1.82) is 5.26 Å². The number of hydrogen-bond acceptors (Lipinski definition) is 3. The fourth-order valence-electron chi connectivity index (χ4n) is 2.80. The molecule has 0 atom stereocenters. The van der Waals surface area contributed by atoms with E-state index < -0.39 is 5.91 Å². The van der Waals surface area contributed by atoms with E-state index in [0.717, 1.165) is 16.7 Å². The summed E-state index contributed by atoms with van der Waals surface area (Å²) in [5.41, 5.74) is 4.38. The molecule has 0 aliphatic heterocycles. The summed E-state index contributed by atoms with van der Waals surface area (Å²) in [5, 5.41) is 13.2. The summed E-state index contributed by atoms with van der Waals surface area (Å²) in [7, 11) is 0. The van der Waals surface area contributed by atoms with E-state index in [0.29, 0.717) is 33.7 Å². The first-order valence-electron chi connectivity index (χ1n) is 9.53. The number of hydrogen-bond donors (Lipinski definition) is 1. The number of halogens is 2. The van der Waals surface area contributed by atoms with Crippen LogP contribution < -0.4 is 10.1 Å². The molecule has 0 saturated carbocycles. The third kappa shape index (κ3) is 6.11. The van der Waals surface area contributed by atoms with E-state index in [4.69, 9.17) is 27.9 Å². The number of rotatable bonds is 6. The van der Waals surface area contributed by atoms with E-state index in [1.807, 2.05) is 44.2 Å². The van der Waals surface area contributed by atoms with Crippen LogP contribution in [0.25, 0.3) is 6.08 Å². The largest absolute Gasteiger partial charge is 0.487 e. The van der Waals surface area contributed by atoms with Crippen molar-refractivity contribution in [2.75, 3.05) is 5.32 Å². The second kappa shape index (κ2) is 10.2. The Kier molecular flexibility index (Phi) is 7.36. The van der Waals surface area contributed by atoms with E-state index in [1.54, 1.807) is 36.4 Å². The van der Waals surface area contributed by atoms with Gasteiger partial charge in [0.2, 0.25) is 0 Å². The molecule has 3 aromatic rings. The molecule has 3 aromatic carbocycles. The van der Waals surface area contributed by atoms with Gasteiger partial charge < -0.3 is 10.1 Å². The number of ether oxygens (including phenoxy) is 1. The Morgan fingerprint density at radius 1 is 1.03 bits per heavy atom. The minimum absolute atomic E-state index is 0.0240. The normalized spacial score (nSPS) is 11.0. The number of carbonyl (C=O) groups is 1. The summed E-state index contributed by atoms with van der Waals surface area (Å²) < 4.78 is 5.76. The smallest absolute Gasteiger partial charge is 0.266 e. The van der Waals surface area contributed by atoms with Gasteiger partial charge in [-0.3, -0.25) is 4.79 Å². The van der Waals surface area contributed by atoms with E-state index in [9.17, 15) is 10.1 Å². The van der Waals surface area contributed by atoms with Crippen LogP contribution in [0.2, 0.25) is 10.0 Å². The molecule has 0 bridgehead atoms. The fraction of sp³-hybridized carbons (Fsp3) is 0.120. The number of amides is 1. The van der Waals surface area contributed by atoms with Crippen molar-refractivity contribution < 1.29 is 9.53 Å². The molecule has 4 nitrogen and oxygen atoms in total. The van der Waals surface area contributed by atoms with Gasteiger partial charge in [0.1, 0.15) is 24.0 Å². The van der Waals surface area contributed by atoms with Crippen molar-refractivity contribution in [3.05, 3.63) is 98.5 Å². The van der Waals surface area contributed by atoms with Gasteiger partial charge in [-0.1, -0.05) is 47.5 Å². The molecule has 0 aliphatic carbocycles. The lowest BCUT2D eigenvalue weighted by Crippen LogP contribution is -2.13. The molecule has 0 saturated heterocycles. The number of anilines is 1. The molecular weight excluding hydrogens is 431 g/mol. The van der Waals surface area contributed by atoms with Crippen LogP contribution >= 0.6 is 23.2 Å². The minimum atomic E-state index is -0.482. The van der Waals surface area contributed by atoms with Crippen molar-refractivity contribution in [3.8, 4) is 11.8 Å². The Hall–Kier alpha value is -3.26. The third-order valence-electron chi connectivity index (χ3n) is 4.70. The fourth-order valence-corrected chi connectivity index (χ4v) is 3.17. The quantitative estimate of drug-likeness (QED) is 0.334. The lowest BCUT2D eigenvalue weighted by molar-refractivity contribution is -0.112. The predicted molar refractivity (Wildman–Crippen MR) is 125 cm³/mol. The highest BCUT2D eigenvalue weighted by atomic mass is 35.5. The lowest BCUT2D eigenvalue weighted by Gasteiger charge is -2.09. The van der Waals surface area contributed by atoms with Crippen molar-refractivity contribution in [2.24, 2.45) is 0 Å². The summed E-state index contributed by atoms with van der Waals surface area (Å²) in [6.07, 6.45) is 1.49. The van der Waals surface area contributed by atoms with E-state index in [-0.39, 0.29) is 5.57 Å². The first-order chi connectivity index (χ1) is 14.9. The molecule has 0 aliphatic rings. The highest BCUT2D eigenvalue weighted by Gasteiger charge is 2.11. The second-order valence-corrected chi connectivity index (χ2v) is 7.87. The van der Waals surface area contributed by atoms with Crippen molar-refractivity contribution in [2.45, 2.75) is 20.5 Å². The maximum atomic E-state index is 12.5. The molecule has 0 aromatic heterocycles. The van der Waals surface area contributed by atoms with Gasteiger partial charge in [0.05, 0.1) is 5.02 Å². The zero-order valence-corrected chi connectivity index (χ0v) is 18.6. The number of nitrogens with zero attached hydrogens (tertiary/aromatic N) is 1. The van der Waals surface area contributed by atoms with Crippen LogP contribution in [0, 0.1) is 25.2 Å². The molecule has 156 valence electrons. The number of carbonyl (C=O) groups excluding carboxylic acids is 1. The number of nitriles is 1. The van der Waals surface area contributed by atoms with Crippen LogP contribution in [0.1, 0.15) is 22.3 Å². The van der Waals surface area contributed by atoms with Crippen LogP contribution in [0.4, 0.5) is 5.69 Å². The molecule has 31 heavy (non-hydrogen) atoms. The van der Waals surface area contributed by atoms with Crippen LogP contribution in [-0.2, 0) is 11.4 Å². The summed E-state index contributed by atoms with van der Waals surface area (Å²) in [5.74, 6) is 0.0248. The van der Waals surface area contributed by atoms with Crippen LogP contribution in [-0.4, -0.2) is 5.91 Å². The molecule has 6 heteroatoms. The summed E-state index contributed by atoms with van der Waals surface area (Å²) >= 11 is 12.2. The Bertz CT molecular complexity index is 1180. The van der Waals surface area contributed by atoms with Gasteiger partial charge >= 0.3 is 0 Å². The van der Waals surface area contributed by atoms with Crippen molar-refractivity contribution in [3.63, 3.8) is 0 Å². The monoisotopic (exact) mass is 450 g/mol. The summed E-state index contributed by atoms with van der Waals surface area (Å²) in [4.78, 5) is 12.5. The van der Waals surface area contributed by atoms with Crippen LogP contribution in [0.5, 0.6) is 5.75 Å². The molecule has 3 rings (SSSR count). The van der Waals surface area contributed by atoms with E-state index in [1.165, 1.54) is 6.08 Å². The van der Waals surface area contributed by atoms with E-state index in [2.05, 4.69) is 5.32 Å². The van der Waals surface area contributed by atoms with Gasteiger partial charge in [-0.15, -0.1) is 0 Å². The van der Waals surface area contributed by atoms with Gasteiger partial charge in [0, 0.05) is 10.7 Å². The average Bonchev–Trinajstić information content (AvgIpc) is 2.75. The Morgan fingerprint density at radius 3 is 2.42 bits per heavy atom. The molecule has 0 fully saturated rings. The van der Waals surface area contributed by atoms with Crippen LogP contribution in [0.3, 0.4) is 0 Å². The third-order valence-corrected chi connectivity index (χ3v) is 5.25. The highest BCUT2D eigenvalue weighted by Crippen LogP contribution is 2.27. The summed E-state index contributed by atoms with van der Waals surface area (Å²) in [6.45, 7) is 4.30. The Labute approximate surface area is 191 Å². The number of aryl methyl sites for hydroxylation is 2. The van der Waals surface area contributed by atoms with Gasteiger partial charge in [-0.2, -0.15) is 5.26 Å². The molecule has 0 spiro atoms. The zero-order valence-electron chi connectivity index (χ0n) is 17.1. The topological polar surface area (TPSA) is 62.1 Å². The standard InChI is InChI=1S/C25H20Cl2N2O2/c1-16-3-9-22(11-17(16)2)29-25(30)20(14-28)12-19-6-10-24(23(27)13-19)31-15-18-4-7-21(26)8-5-18/h3-13H,15H2,1-2H3,(H,29,30)/b20-12+. The average molecular weight is 451 g/mol. The number of nitrogens with one attached hydrogen (secondary N) is 1. The molecule has 1 N–H and O–H groups in total. The molecule has 1 amide bonds. The van der Waals surface area contributed by atoms with Crippen LogP contribution in [0.15, 0.2) is 66.2 Å². The highest BCUT2D eigenvalue weighted by molar-refractivity contribution is 6.32. The predicted octanol–water partition coefficient (Wildman–Crippen LogP) is 6.73. The summed E-state index contributed by atoms with van der Waals surface area (Å²) in [6, 6.07) is 20.0. The lowest BCUT2D eigenvalue weighted by atomic mass is 10.1. The van der Waals surface area contributed by atoms with Gasteiger partial charge in [0.15, 0.2) is 0 Å². The molecular formula is C25H20Cl2N2O2. The van der Waals surface area contributed by atoms with Crippen molar-refractivity contribution >= 4 is 40.9 Å². The van der Waals surface area contributed by atoms with E-state index >= 15 is 0 Å². The van der Waals surface area contributed by atoms with Gasteiger partial charge in [-0.05, 0) is 78.6 Å². The van der Waals surface area contributed by atoms with Crippen molar-refractivity contribution in [1.82, 2.24) is 0 Å². The second-order valence-electron chi connectivity index (χ2n) is 7.03. The maximum absolute atomic E-state index is 12.5. The Balaban J connectivity index is 1.70. The molecule has 0 radical (unpaired) electrons. The number of benzene rings is 3. The Morgan fingerprint density at radius 2 is 1.77 bits per heavy atom. The first kappa shape index (κ1) is 22.4. The zero-order chi connectivity index (χ0) is 22.4. The molecule has 0 unspecified atom stereocenters. The maximum Gasteiger partial charge on any atom is 0.266 e. The van der Waals surface area contributed by atoms with Gasteiger partial charge in [-0.25, -0.2) is 0 Å². The SMILES string of the molecule is Cc1ccc(NC(=O)/C(C#N)=C/c2ccc(OCc3ccc(Cl)cc3)c(Cl)c2)cc1C. The molecule has 0 heterocycles. The minimum Gasteiger partial charge on any atom is -0.487 e.